The van der Waals surface area contributed by atoms with Crippen molar-refractivity contribution in [1.82, 2.24) is 0 Å². The predicted molar refractivity (Wildman–Crippen MR) is 104 cm³/mol. The molecule has 0 atom stereocenters. The van der Waals surface area contributed by atoms with Crippen molar-refractivity contribution in [2.45, 2.75) is 5.92 Å². The number of rotatable bonds is 3. The average Bonchev–Trinajstić information content (AvgIpc) is 2.98. The molecule has 0 bridgehead atoms. The predicted octanol–water partition coefficient (Wildman–Crippen LogP) is 5.65. The van der Waals surface area contributed by atoms with Crippen molar-refractivity contribution in [1.29, 1.82) is 0 Å². The lowest BCUT2D eigenvalue weighted by molar-refractivity contribution is 0.158. The van der Waals surface area contributed by atoms with Gasteiger partial charge in [-0.2, -0.15) is 0 Å². The fraction of sp³-hybridized carbons (Fsp3) is 0.0952. The second-order valence-corrected chi connectivity index (χ2v) is 7.09. The lowest BCUT2D eigenvalue weighted by atomic mass is 9.98. The molecule has 0 saturated carbocycles. The molecule has 0 spiro atoms. The van der Waals surface area contributed by atoms with Crippen molar-refractivity contribution in [3.05, 3.63) is 82.1 Å². The zero-order valence-corrected chi connectivity index (χ0v) is 15.7. The van der Waals surface area contributed by atoms with Crippen molar-refractivity contribution in [2.75, 3.05) is 11.9 Å². The molecule has 6 heteroatoms. The Labute approximate surface area is 163 Å². The Morgan fingerprint density at radius 1 is 1.07 bits per heavy atom. The number of phenolic OH excluding ortho intramolecular Hbond substituents is 1. The molecule has 1 amide bonds. The van der Waals surface area contributed by atoms with Gasteiger partial charge in [0.25, 0.3) is 0 Å². The summed E-state index contributed by atoms with van der Waals surface area (Å²) in [5.41, 5.74) is 4.42. The van der Waals surface area contributed by atoms with Crippen LogP contribution in [0.1, 0.15) is 17.0 Å². The summed E-state index contributed by atoms with van der Waals surface area (Å²) in [7, 11) is 0. The molecular weight excluding hydrogens is 413 g/mol. The monoisotopic (exact) mass is 427 g/mol. The van der Waals surface area contributed by atoms with Gasteiger partial charge in [0.2, 0.25) is 0 Å². The zero-order valence-electron chi connectivity index (χ0n) is 14.1. The van der Waals surface area contributed by atoms with Gasteiger partial charge in [-0.15, -0.1) is 0 Å². The lowest BCUT2D eigenvalue weighted by Crippen LogP contribution is -2.18. The molecule has 1 aliphatic rings. The number of hydrogen-bond acceptors (Lipinski definition) is 3. The van der Waals surface area contributed by atoms with Crippen LogP contribution in [0, 0.1) is 5.82 Å². The average molecular weight is 428 g/mol. The summed E-state index contributed by atoms with van der Waals surface area (Å²) >= 11 is 2.97. The third-order valence-corrected chi connectivity index (χ3v) is 5.23. The number of phenols is 1. The highest BCUT2D eigenvalue weighted by atomic mass is 79.9. The van der Waals surface area contributed by atoms with E-state index < -0.39 is 11.9 Å². The SMILES string of the molecule is O=C(Nc1cc(F)c(Br)cc1O)OCC1c2ccccc2-c2ccccc21. The fourth-order valence-corrected chi connectivity index (χ4v) is 3.71. The quantitative estimate of drug-likeness (QED) is 0.530. The van der Waals surface area contributed by atoms with E-state index in [9.17, 15) is 14.3 Å². The molecule has 27 heavy (non-hydrogen) atoms. The van der Waals surface area contributed by atoms with Crippen LogP contribution in [0.5, 0.6) is 5.75 Å². The van der Waals surface area contributed by atoms with Gasteiger partial charge in [-0.3, -0.25) is 5.32 Å². The summed E-state index contributed by atoms with van der Waals surface area (Å²) < 4.78 is 19.1. The van der Waals surface area contributed by atoms with Gasteiger partial charge in [-0.25, -0.2) is 9.18 Å². The molecule has 2 N–H and O–H groups in total. The van der Waals surface area contributed by atoms with E-state index in [-0.39, 0.29) is 28.4 Å². The highest BCUT2D eigenvalue weighted by Gasteiger charge is 2.29. The minimum absolute atomic E-state index is 0.0482. The molecule has 4 nitrogen and oxygen atoms in total. The van der Waals surface area contributed by atoms with Gasteiger partial charge in [-0.1, -0.05) is 48.5 Å². The van der Waals surface area contributed by atoms with Crippen LogP contribution in [0.15, 0.2) is 65.1 Å². The molecule has 3 aromatic carbocycles. The summed E-state index contributed by atoms with van der Waals surface area (Å²) in [5, 5.41) is 12.2. The van der Waals surface area contributed by atoms with Crippen LogP contribution in [0.3, 0.4) is 0 Å². The van der Waals surface area contributed by atoms with Crippen LogP contribution in [0.2, 0.25) is 0 Å². The molecule has 0 radical (unpaired) electrons. The normalized spacial score (nSPS) is 12.4. The Morgan fingerprint density at radius 3 is 2.30 bits per heavy atom. The van der Waals surface area contributed by atoms with Crippen LogP contribution in [-0.2, 0) is 4.74 Å². The van der Waals surface area contributed by atoms with E-state index in [2.05, 4.69) is 33.4 Å². The van der Waals surface area contributed by atoms with Crippen molar-refractivity contribution >= 4 is 27.7 Å². The lowest BCUT2D eigenvalue weighted by Gasteiger charge is -2.15. The first-order valence-corrected chi connectivity index (χ1v) is 9.14. The van der Waals surface area contributed by atoms with E-state index in [0.29, 0.717) is 0 Å². The third-order valence-electron chi connectivity index (χ3n) is 4.62. The maximum atomic E-state index is 13.6. The molecule has 3 aromatic rings. The number of hydrogen-bond donors (Lipinski definition) is 2. The van der Waals surface area contributed by atoms with Crippen LogP contribution < -0.4 is 5.32 Å². The van der Waals surface area contributed by atoms with Gasteiger partial charge < -0.3 is 9.84 Å². The van der Waals surface area contributed by atoms with Gasteiger partial charge in [0.05, 0.1) is 10.2 Å². The Morgan fingerprint density at radius 2 is 1.67 bits per heavy atom. The van der Waals surface area contributed by atoms with Crippen molar-refractivity contribution in [3.63, 3.8) is 0 Å². The van der Waals surface area contributed by atoms with Gasteiger partial charge in [0.15, 0.2) is 0 Å². The van der Waals surface area contributed by atoms with Crippen LogP contribution in [0.25, 0.3) is 11.1 Å². The van der Waals surface area contributed by atoms with E-state index in [1.54, 1.807) is 0 Å². The fourth-order valence-electron chi connectivity index (χ4n) is 3.38. The molecular formula is C21H15BrFNO3. The summed E-state index contributed by atoms with van der Waals surface area (Å²) in [6, 6.07) is 18.2. The first kappa shape index (κ1) is 17.5. The van der Waals surface area contributed by atoms with E-state index in [0.717, 1.165) is 28.3 Å². The van der Waals surface area contributed by atoms with E-state index in [1.807, 2.05) is 36.4 Å². The third kappa shape index (κ3) is 3.28. The van der Waals surface area contributed by atoms with Crippen LogP contribution in [0.4, 0.5) is 14.9 Å². The first-order chi connectivity index (χ1) is 13.0. The standard InChI is InChI=1S/C21H15BrFNO3/c22-17-9-20(25)19(10-18(17)23)24-21(26)27-11-16-14-7-3-1-5-12(14)13-6-2-4-8-15(13)16/h1-10,16,25H,11H2,(H,24,26). The van der Waals surface area contributed by atoms with Crippen LogP contribution in [-0.4, -0.2) is 17.8 Å². The zero-order chi connectivity index (χ0) is 19.0. The number of aromatic hydroxyl groups is 1. The highest BCUT2D eigenvalue weighted by molar-refractivity contribution is 9.10. The largest absolute Gasteiger partial charge is 0.506 e. The Bertz CT molecular complexity index is 992. The second kappa shape index (κ2) is 7.04. The van der Waals surface area contributed by atoms with Gasteiger partial charge in [0.1, 0.15) is 18.2 Å². The summed E-state index contributed by atoms with van der Waals surface area (Å²) in [6.45, 7) is 0.139. The Balaban J connectivity index is 1.51. The van der Waals surface area contributed by atoms with Crippen molar-refractivity contribution < 1.29 is 19.0 Å². The Hall–Kier alpha value is -2.86. The smallest absolute Gasteiger partial charge is 0.411 e. The number of benzene rings is 3. The number of fused-ring (bicyclic) bond motifs is 3. The van der Waals surface area contributed by atoms with Crippen molar-refractivity contribution in [3.8, 4) is 16.9 Å². The first-order valence-electron chi connectivity index (χ1n) is 8.34. The molecule has 1 aliphatic carbocycles. The molecule has 0 aliphatic heterocycles. The number of nitrogens with one attached hydrogen (secondary N) is 1. The van der Waals surface area contributed by atoms with Gasteiger partial charge >= 0.3 is 6.09 Å². The minimum Gasteiger partial charge on any atom is -0.506 e. The number of halogens is 2. The molecule has 136 valence electrons. The molecule has 0 saturated heterocycles. The Kier molecular flexibility index (Phi) is 4.58. The number of amides is 1. The molecule has 0 aromatic heterocycles. The molecule has 0 fully saturated rings. The van der Waals surface area contributed by atoms with Gasteiger partial charge in [-0.05, 0) is 44.3 Å². The number of ether oxygens (including phenoxy) is 1. The van der Waals surface area contributed by atoms with Crippen LogP contribution >= 0.6 is 15.9 Å². The molecule has 0 heterocycles. The summed E-state index contributed by atoms with van der Waals surface area (Å²) in [5.74, 6) is -0.920. The maximum Gasteiger partial charge on any atom is 0.411 e. The van der Waals surface area contributed by atoms with Crippen molar-refractivity contribution in [2.24, 2.45) is 0 Å². The number of carbonyl (C=O) groups excluding carboxylic acids is 1. The summed E-state index contributed by atoms with van der Waals surface area (Å²) in [6.07, 6.45) is -0.756. The molecule has 0 unspecified atom stereocenters. The highest BCUT2D eigenvalue weighted by Crippen LogP contribution is 2.44. The minimum atomic E-state index is -0.756. The van der Waals surface area contributed by atoms with E-state index in [4.69, 9.17) is 4.74 Å². The maximum absolute atomic E-state index is 13.6. The van der Waals surface area contributed by atoms with E-state index in [1.165, 1.54) is 6.07 Å². The number of anilines is 1. The number of carbonyl (C=O) groups is 1. The topological polar surface area (TPSA) is 58.6 Å². The second-order valence-electron chi connectivity index (χ2n) is 6.23. The van der Waals surface area contributed by atoms with Gasteiger partial charge in [0, 0.05) is 12.0 Å². The molecule has 4 rings (SSSR count). The van der Waals surface area contributed by atoms with E-state index >= 15 is 0 Å². The summed E-state index contributed by atoms with van der Waals surface area (Å²) in [4.78, 5) is 12.2.